The maximum absolute atomic E-state index is 5.70. The lowest BCUT2D eigenvalue weighted by atomic mass is 10.2. The van der Waals surface area contributed by atoms with E-state index in [-0.39, 0.29) is 0 Å². The lowest BCUT2D eigenvalue weighted by Crippen LogP contribution is -2.21. The Morgan fingerprint density at radius 3 is 2.04 bits per heavy atom. The number of nitrogens with one attached hydrogen (secondary N) is 1. The summed E-state index contributed by atoms with van der Waals surface area (Å²) < 4.78 is 10.8. The predicted octanol–water partition coefficient (Wildman–Crippen LogP) is 4.03. The Hall–Kier alpha value is -2.36. The third kappa shape index (κ3) is 5.09. The molecular weight excluding hydrogens is 288 g/mol. The number of methoxy groups -OCH3 is 1. The van der Waals surface area contributed by atoms with Crippen molar-refractivity contribution in [3.63, 3.8) is 0 Å². The molecule has 0 fully saturated rings. The van der Waals surface area contributed by atoms with Crippen LogP contribution < -0.4 is 19.7 Å². The molecule has 0 unspecified atom stereocenters. The molecule has 23 heavy (non-hydrogen) atoms. The summed E-state index contributed by atoms with van der Waals surface area (Å²) in [6, 6.07) is 16.2. The van der Waals surface area contributed by atoms with Gasteiger partial charge in [0.15, 0.2) is 0 Å². The van der Waals surface area contributed by atoms with Gasteiger partial charge in [-0.25, -0.2) is 0 Å². The van der Waals surface area contributed by atoms with Crippen LogP contribution in [0.1, 0.15) is 13.8 Å². The summed E-state index contributed by atoms with van der Waals surface area (Å²) in [6.07, 6.45) is 0. The monoisotopic (exact) mass is 314 g/mol. The Morgan fingerprint density at radius 1 is 0.870 bits per heavy atom. The molecule has 0 aliphatic heterocycles. The van der Waals surface area contributed by atoms with Crippen molar-refractivity contribution in [2.45, 2.75) is 13.8 Å². The van der Waals surface area contributed by atoms with Crippen molar-refractivity contribution in [1.82, 2.24) is 0 Å². The van der Waals surface area contributed by atoms with E-state index < -0.39 is 0 Å². The molecule has 0 aromatic heterocycles. The molecule has 0 amide bonds. The van der Waals surface area contributed by atoms with Crippen molar-refractivity contribution in [2.75, 3.05) is 43.6 Å². The molecule has 4 nitrogen and oxygen atoms in total. The van der Waals surface area contributed by atoms with E-state index in [0.717, 1.165) is 36.8 Å². The fourth-order valence-electron chi connectivity index (χ4n) is 2.42. The second kappa shape index (κ2) is 8.93. The molecule has 2 aromatic rings. The summed E-state index contributed by atoms with van der Waals surface area (Å²) in [5.41, 5.74) is 2.37. The molecule has 0 heterocycles. The van der Waals surface area contributed by atoms with Gasteiger partial charge in [0.2, 0.25) is 0 Å². The zero-order chi connectivity index (χ0) is 16.5. The minimum absolute atomic E-state index is 0.615. The molecule has 0 bridgehead atoms. The van der Waals surface area contributed by atoms with Crippen LogP contribution in [0, 0.1) is 0 Å². The third-order valence-electron chi connectivity index (χ3n) is 3.76. The molecule has 2 rings (SSSR count). The first-order valence-electron chi connectivity index (χ1n) is 8.12. The Kier molecular flexibility index (Phi) is 6.60. The van der Waals surface area contributed by atoms with Crippen molar-refractivity contribution in [3.8, 4) is 11.5 Å². The van der Waals surface area contributed by atoms with Crippen molar-refractivity contribution < 1.29 is 9.47 Å². The first-order valence-corrected chi connectivity index (χ1v) is 8.12. The molecule has 0 radical (unpaired) electrons. The third-order valence-corrected chi connectivity index (χ3v) is 3.76. The van der Waals surface area contributed by atoms with Gasteiger partial charge in [0.25, 0.3) is 0 Å². The van der Waals surface area contributed by atoms with E-state index in [9.17, 15) is 0 Å². The minimum Gasteiger partial charge on any atom is -0.497 e. The number of hydrogen-bond donors (Lipinski definition) is 1. The molecule has 0 atom stereocenters. The van der Waals surface area contributed by atoms with Crippen molar-refractivity contribution in [2.24, 2.45) is 0 Å². The highest BCUT2D eigenvalue weighted by molar-refractivity contribution is 5.55. The molecule has 0 saturated carbocycles. The number of hydrogen-bond acceptors (Lipinski definition) is 4. The van der Waals surface area contributed by atoms with Crippen LogP contribution >= 0.6 is 0 Å². The normalized spacial score (nSPS) is 10.2. The van der Waals surface area contributed by atoms with E-state index in [1.807, 2.05) is 24.3 Å². The van der Waals surface area contributed by atoms with E-state index in [0.29, 0.717) is 6.61 Å². The Labute approximate surface area is 139 Å². The highest BCUT2D eigenvalue weighted by atomic mass is 16.5. The largest absolute Gasteiger partial charge is 0.497 e. The summed E-state index contributed by atoms with van der Waals surface area (Å²) in [6.45, 7) is 7.77. The highest BCUT2D eigenvalue weighted by Crippen LogP contribution is 2.18. The van der Waals surface area contributed by atoms with Gasteiger partial charge in [0.1, 0.15) is 18.1 Å². The minimum atomic E-state index is 0.615. The molecule has 2 aromatic carbocycles. The average Bonchev–Trinajstić information content (AvgIpc) is 2.61. The summed E-state index contributed by atoms with van der Waals surface area (Å²) in [5, 5.41) is 3.37. The lowest BCUT2D eigenvalue weighted by molar-refractivity contribution is 0.332. The van der Waals surface area contributed by atoms with Crippen LogP contribution in [-0.4, -0.2) is 33.4 Å². The van der Waals surface area contributed by atoms with Crippen LogP contribution in [0.5, 0.6) is 11.5 Å². The van der Waals surface area contributed by atoms with Crippen LogP contribution in [0.25, 0.3) is 0 Å². The number of anilines is 2. The first-order chi connectivity index (χ1) is 11.3. The van der Waals surface area contributed by atoms with Gasteiger partial charge in [-0.3, -0.25) is 0 Å². The zero-order valence-corrected chi connectivity index (χ0v) is 14.2. The predicted molar refractivity (Wildman–Crippen MR) is 97.0 cm³/mol. The topological polar surface area (TPSA) is 33.7 Å². The molecule has 0 saturated heterocycles. The zero-order valence-electron chi connectivity index (χ0n) is 14.2. The molecule has 0 aliphatic rings. The van der Waals surface area contributed by atoms with Crippen LogP contribution in [0.3, 0.4) is 0 Å². The van der Waals surface area contributed by atoms with E-state index in [1.165, 1.54) is 5.69 Å². The SMILES string of the molecule is CCN(CC)c1ccc(NCCOc2ccc(OC)cc2)cc1. The standard InChI is InChI=1S/C19H26N2O2/c1-4-21(5-2)17-8-6-16(7-9-17)20-14-15-23-19-12-10-18(22-3)11-13-19/h6-13,20H,4-5,14-15H2,1-3H3. The molecular formula is C19H26N2O2. The second-order valence-corrected chi connectivity index (χ2v) is 5.17. The van der Waals surface area contributed by atoms with E-state index in [1.54, 1.807) is 7.11 Å². The van der Waals surface area contributed by atoms with Crippen molar-refractivity contribution >= 4 is 11.4 Å². The number of rotatable bonds is 9. The molecule has 0 spiro atoms. The van der Waals surface area contributed by atoms with Crippen LogP contribution in [0.15, 0.2) is 48.5 Å². The smallest absolute Gasteiger partial charge is 0.119 e. The molecule has 124 valence electrons. The Balaban J connectivity index is 1.75. The van der Waals surface area contributed by atoms with Crippen LogP contribution in [0.2, 0.25) is 0 Å². The second-order valence-electron chi connectivity index (χ2n) is 5.17. The lowest BCUT2D eigenvalue weighted by Gasteiger charge is -2.21. The van der Waals surface area contributed by atoms with Gasteiger partial charge in [-0.1, -0.05) is 0 Å². The molecule has 1 N–H and O–H groups in total. The Bertz CT molecular complexity index is 563. The summed E-state index contributed by atoms with van der Waals surface area (Å²) in [7, 11) is 1.66. The maximum atomic E-state index is 5.70. The molecule has 0 aliphatic carbocycles. The number of nitrogens with zero attached hydrogens (tertiary/aromatic N) is 1. The van der Waals surface area contributed by atoms with E-state index >= 15 is 0 Å². The number of ether oxygens (including phenoxy) is 2. The number of benzene rings is 2. The van der Waals surface area contributed by atoms with E-state index in [2.05, 4.69) is 48.3 Å². The van der Waals surface area contributed by atoms with Gasteiger partial charge in [-0.2, -0.15) is 0 Å². The maximum Gasteiger partial charge on any atom is 0.119 e. The van der Waals surface area contributed by atoms with Crippen LogP contribution in [-0.2, 0) is 0 Å². The van der Waals surface area contributed by atoms with Crippen LogP contribution in [0.4, 0.5) is 11.4 Å². The summed E-state index contributed by atoms with van der Waals surface area (Å²) in [5.74, 6) is 1.69. The van der Waals surface area contributed by atoms with Gasteiger partial charge in [-0.15, -0.1) is 0 Å². The quantitative estimate of drug-likeness (QED) is 0.709. The average molecular weight is 314 g/mol. The van der Waals surface area contributed by atoms with Gasteiger partial charge in [-0.05, 0) is 62.4 Å². The van der Waals surface area contributed by atoms with E-state index in [4.69, 9.17) is 9.47 Å². The van der Waals surface area contributed by atoms with Gasteiger partial charge in [0.05, 0.1) is 7.11 Å². The molecule has 4 heteroatoms. The fourth-order valence-corrected chi connectivity index (χ4v) is 2.42. The van der Waals surface area contributed by atoms with Gasteiger partial charge < -0.3 is 19.7 Å². The fraction of sp³-hybridized carbons (Fsp3) is 0.368. The van der Waals surface area contributed by atoms with Gasteiger partial charge in [0, 0.05) is 31.0 Å². The summed E-state index contributed by atoms with van der Waals surface area (Å²) >= 11 is 0. The van der Waals surface area contributed by atoms with Crippen molar-refractivity contribution in [1.29, 1.82) is 0 Å². The van der Waals surface area contributed by atoms with Crippen molar-refractivity contribution in [3.05, 3.63) is 48.5 Å². The Morgan fingerprint density at radius 2 is 1.48 bits per heavy atom. The first kappa shape index (κ1) is 17.0. The van der Waals surface area contributed by atoms with Gasteiger partial charge >= 0.3 is 0 Å². The summed E-state index contributed by atoms with van der Waals surface area (Å²) in [4.78, 5) is 2.33. The highest BCUT2D eigenvalue weighted by Gasteiger charge is 2.01.